The number of benzene rings is 2. The van der Waals surface area contributed by atoms with Crippen molar-refractivity contribution in [1.82, 2.24) is 15.1 Å². The molecule has 1 unspecified atom stereocenters. The van der Waals surface area contributed by atoms with Gasteiger partial charge in [0, 0.05) is 13.1 Å². The van der Waals surface area contributed by atoms with Gasteiger partial charge in [0.2, 0.25) is 11.8 Å². The quantitative estimate of drug-likeness (QED) is 0.792. The maximum absolute atomic E-state index is 12.4. The Morgan fingerprint density at radius 2 is 1.65 bits per heavy atom. The van der Waals surface area contributed by atoms with E-state index in [0.29, 0.717) is 13.1 Å². The van der Waals surface area contributed by atoms with Crippen LogP contribution in [-0.2, 0) is 9.59 Å². The van der Waals surface area contributed by atoms with Gasteiger partial charge in [-0.3, -0.25) is 14.5 Å². The van der Waals surface area contributed by atoms with Crippen LogP contribution in [0.25, 0.3) is 10.8 Å². The third-order valence-corrected chi connectivity index (χ3v) is 4.60. The molecule has 26 heavy (non-hydrogen) atoms. The predicted molar refractivity (Wildman–Crippen MR) is 106 cm³/mol. The van der Waals surface area contributed by atoms with Gasteiger partial charge in [0.25, 0.3) is 0 Å². The molecule has 1 atom stereocenters. The van der Waals surface area contributed by atoms with E-state index in [2.05, 4.69) is 23.5 Å². The van der Waals surface area contributed by atoms with E-state index in [1.165, 1.54) is 0 Å². The van der Waals surface area contributed by atoms with Crippen molar-refractivity contribution in [3.05, 3.63) is 48.0 Å². The van der Waals surface area contributed by atoms with Crippen LogP contribution in [0, 0.1) is 0 Å². The van der Waals surface area contributed by atoms with Gasteiger partial charge in [0.05, 0.1) is 19.1 Å². The molecule has 0 aromatic heterocycles. The van der Waals surface area contributed by atoms with Crippen molar-refractivity contribution in [3.8, 4) is 0 Å². The molecule has 0 aliphatic rings. The van der Waals surface area contributed by atoms with Gasteiger partial charge in [-0.05, 0) is 44.2 Å². The van der Waals surface area contributed by atoms with Crippen molar-refractivity contribution in [3.63, 3.8) is 0 Å². The van der Waals surface area contributed by atoms with Crippen molar-refractivity contribution in [2.75, 3.05) is 33.2 Å². The van der Waals surface area contributed by atoms with Gasteiger partial charge in [-0.1, -0.05) is 42.5 Å². The molecular formula is C21H29N3O2. The van der Waals surface area contributed by atoms with Crippen molar-refractivity contribution in [2.45, 2.75) is 26.8 Å². The normalized spacial score (nSPS) is 12.2. The molecule has 2 rings (SSSR count). The monoisotopic (exact) mass is 355 g/mol. The van der Waals surface area contributed by atoms with Crippen LogP contribution in [0.1, 0.15) is 32.4 Å². The molecule has 0 aliphatic carbocycles. The topological polar surface area (TPSA) is 52.7 Å². The Morgan fingerprint density at radius 3 is 2.35 bits per heavy atom. The molecule has 0 fully saturated rings. The summed E-state index contributed by atoms with van der Waals surface area (Å²) in [6.45, 7) is 7.72. The highest BCUT2D eigenvalue weighted by Gasteiger charge is 2.17. The molecule has 2 aromatic carbocycles. The molecule has 1 N–H and O–H groups in total. The number of carbonyl (C=O) groups excluding carboxylic acids is 2. The lowest BCUT2D eigenvalue weighted by Crippen LogP contribution is -2.43. The number of rotatable bonds is 8. The van der Waals surface area contributed by atoms with Crippen molar-refractivity contribution in [1.29, 1.82) is 0 Å². The number of fused-ring (bicyclic) bond motifs is 1. The molecule has 5 nitrogen and oxygen atoms in total. The molecule has 2 amide bonds. The fourth-order valence-electron chi connectivity index (χ4n) is 3.20. The van der Waals surface area contributed by atoms with E-state index in [9.17, 15) is 9.59 Å². The first-order chi connectivity index (χ1) is 12.5. The van der Waals surface area contributed by atoms with Crippen LogP contribution in [0.15, 0.2) is 42.5 Å². The highest BCUT2D eigenvalue weighted by atomic mass is 16.2. The molecule has 2 aromatic rings. The number of nitrogens with zero attached hydrogens (tertiary/aromatic N) is 2. The van der Waals surface area contributed by atoms with Crippen LogP contribution in [0.5, 0.6) is 0 Å². The zero-order valence-corrected chi connectivity index (χ0v) is 16.2. The number of carbonyl (C=O) groups is 2. The van der Waals surface area contributed by atoms with Gasteiger partial charge in [-0.25, -0.2) is 0 Å². The number of hydrogen-bond acceptors (Lipinski definition) is 3. The highest BCUT2D eigenvalue weighted by molar-refractivity contribution is 5.87. The minimum Gasteiger partial charge on any atom is -0.348 e. The molecule has 0 aliphatic heterocycles. The first-order valence-corrected chi connectivity index (χ1v) is 9.19. The first kappa shape index (κ1) is 19.9. The maximum Gasteiger partial charge on any atom is 0.236 e. The zero-order valence-electron chi connectivity index (χ0n) is 16.2. The molecule has 0 radical (unpaired) electrons. The Morgan fingerprint density at radius 1 is 1.00 bits per heavy atom. The van der Waals surface area contributed by atoms with Crippen LogP contribution >= 0.6 is 0 Å². The van der Waals surface area contributed by atoms with E-state index in [1.54, 1.807) is 16.8 Å². The van der Waals surface area contributed by atoms with Crippen LogP contribution in [0.2, 0.25) is 0 Å². The molecule has 0 bridgehead atoms. The zero-order chi connectivity index (χ0) is 19.1. The van der Waals surface area contributed by atoms with E-state index in [0.717, 1.165) is 16.3 Å². The van der Waals surface area contributed by atoms with Crippen LogP contribution in [0.3, 0.4) is 0 Å². The molecule has 0 saturated heterocycles. The number of amides is 2. The van der Waals surface area contributed by atoms with E-state index in [-0.39, 0.29) is 30.9 Å². The third-order valence-electron chi connectivity index (χ3n) is 4.60. The van der Waals surface area contributed by atoms with Gasteiger partial charge in [0.1, 0.15) is 0 Å². The number of nitrogens with one attached hydrogen (secondary N) is 1. The summed E-state index contributed by atoms with van der Waals surface area (Å²) in [5.41, 5.74) is 1.10. The molecule has 5 heteroatoms. The first-order valence-electron chi connectivity index (χ1n) is 9.19. The highest BCUT2D eigenvalue weighted by Crippen LogP contribution is 2.23. The summed E-state index contributed by atoms with van der Waals surface area (Å²) in [4.78, 5) is 28.1. The van der Waals surface area contributed by atoms with E-state index in [1.807, 2.05) is 45.0 Å². The van der Waals surface area contributed by atoms with Crippen LogP contribution in [-0.4, -0.2) is 54.8 Å². The largest absolute Gasteiger partial charge is 0.348 e. The fraction of sp³-hybridized carbons (Fsp3) is 0.429. The summed E-state index contributed by atoms with van der Waals surface area (Å²) in [7, 11) is 1.80. The lowest BCUT2D eigenvalue weighted by molar-refractivity contribution is -0.132. The SMILES string of the molecule is CCN(CC)C(=O)CN(C)CC(=O)NC(C)c1cccc2ccccc12. The van der Waals surface area contributed by atoms with Gasteiger partial charge in [-0.15, -0.1) is 0 Å². The Balaban J connectivity index is 1.95. The second-order valence-electron chi connectivity index (χ2n) is 6.60. The maximum atomic E-state index is 12.4. The average molecular weight is 355 g/mol. The second kappa shape index (κ2) is 9.34. The lowest BCUT2D eigenvalue weighted by Gasteiger charge is -2.23. The van der Waals surface area contributed by atoms with Gasteiger partial charge < -0.3 is 10.2 Å². The van der Waals surface area contributed by atoms with Gasteiger partial charge in [0.15, 0.2) is 0 Å². The third kappa shape index (κ3) is 5.05. The molecule has 0 heterocycles. The molecule has 140 valence electrons. The van der Waals surface area contributed by atoms with Gasteiger partial charge >= 0.3 is 0 Å². The molecular weight excluding hydrogens is 326 g/mol. The van der Waals surface area contributed by atoms with E-state index < -0.39 is 0 Å². The van der Waals surface area contributed by atoms with Gasteiger partial charge in [-0.2, -0.15) is 0 Å². The summed E-state index contributed by atoms with van der Waals surface area (Å²) in [6.07, 6.45) is 0. The Hall–Kier alpha value is -2.40. The van der Waals surface area contributed by atoms with Crippen molar-refractivity contribution in [2.24, 2.45) is 0 Å². The minimum absolute atomic E-state index is 0.0485. The summed E-state index contributed by atoms with van der Waals surface area (Å²) in [5.74, 6) is -0.0346. The van der Waals surface area contributed by atoms with E-state index >= 15 is 0 Å². The Labute approximate surface area is 156 Å². The number of hydrogen-bond donors (Lipinski definition) is 1. The summed E-state index contributed by atoms with van der Waals surface area (Å²) in [6, 6.07) is 14.2. The molecule has 0 saturated carbocycles. The van der Waals surface area contributed by atoms with Crippen LogP contribution < -0.4 is 5.32 Å². The van der Waals surface area contributed by atoms with Crippen molar-refractivity contribution < 1.29 is 9.59 Å². The molecule has 0 spiro atoms. The summed E-state index contributed by atoms with van der Waals surface area (Å²) < 4.78 is 0. The summed E-state index contributed by atoms with van der Waals surface area (Å²) >= 11 is 0. The standard InChI is InChI=1S/C21H29N3O2/c1-5-24(6-2)21(26)15-23(4)14-20(25)22-16(3)18-13-9-11-17-10-7-8-12-19(17)18/h7-13,16H,5-6,14-15H2,1-4H3,(H,22,25). The predicted octanol–water partition coefficient (Wildman–Crippen LogP) is 2.82. The van der Waals surface area contributed by atoms with Crippen molar-refractivity contribution >= 4 is 22.6 Å². The average Bonchev–Trinajstić information content (AvgIpc) is 2.61. The summed E-state index contributed by atoms with van der Waals surface area (Å²) in [5, 5.41) is 5.35. The minimum atomic E-state index is -0.0968. The van der Waals surface area contributed by atoms with E-state index in [4.69, 9.17) is 0 Å². The lowest BCUT2D eigenvalue weighted by atomic mass is 10.00. The second-order valence-corrected chi connectivity index (χ2v) is 6.60. The Kier molecular flexibility index (Phi) is 7.16. The Bertz CT molecular complexity index is 751. The fourth-order valence-corrected chi connectivity index (χ4v) is 3.20. The number of likely N-dealkylation sites (N-methyl/N-ethyl adjacent to an activating group) is 2. The van der Waals surface area contributed by atoms with Crippen LogP contribution in [0.4, 0.5) is 0 Å². The smallest absolute Gasteiger partial charge is 0.236 e.